The quantitative estimate of drug-likeness (QED) is 0.411. The summed E-state index contributed by atoms with van der Waals surface area (Å²) in [4.78, 5) is 12.3. The summed E-state index contributed by atoms with van der Waals surface area (Å²) in [7, 11) is -1.10. The molecule has 3 aromatic carbocycles. The van der Waals surface area contributed by atoms with Crippen LogP contribution in [0.1, 0.15) is 12.5 Å². The van der Waals surface area contributed by atoms with E-state index in [-0.39, 0.29) is 10.6 Å². The van der Waals surface area contributed by atoms with Gasteiger partial charge >= 0.3 is 0 Å². The van der Waals surface area contributed by atoms with E-state index in [1.165, 1.54) is 32.4 Å². The van der Waals surface area contributed by atoms with Crippen molar-refractivity contribution in [3.05, 3.63) is 78.4 Å². The van der Waals surface area contributed by atoms with Crippen molar-refractivity contribution in [2.24, 2.45) is 0 Å². The fraction of sp³-hybridized carbons (Fsp3) is 0.160. The van der Waals surface area contributed by atoms with E-state index in [9.17, 15) is 13.2 Å². The van der Waals surface area contributed by atoms with Crippen LogP contribution in [0.15, 0.2) is 77.7 Å². The molecular formula is C25H26N2O6S. The fourth-order valence-corrected chi connectivity index (χ4v) is 4.29. The summed E-state index contributed by atoms with van der Waals surface area (Å²) in [5, 5.41) is 2.67. The molecule has 0 bridgehead atoms. The smallest absolute Gasteiger partial charge is 0.265 e. The first-order valence-electron chi connectivity index (χ1n) is 10.4. The zero-order valence-corrected chi connectivity index (χ0v) is 19.9. The van der Waals surface area contributed by atoms with Crippen LogP contribution in [0.5, 0.6) is 17.2 Å². The minimum absolute atomic E-state index is 0.112. The molecule has 3 aromatic rings. The number of amides is 1. The van der Waals surface area contributed by atoms with Crippen molar-refractivity contribution in [3.8, 4) is 17.2 Å². The number of anilines is 2. The first-order valence-corrected chi connectivity index (χ1v) is 11.9. The monoisotopic (exact) mass is 482 g/mol. The van der Waals surface area contributed by atoms with Gasteiger partial charge in [-0.1, -0.05) is 12.1 Å². The Balaban J connectivity index is 1.75. The van der Waals surface area contributed by atoms with Gasteiger partial charge in [-0.3, -0.25) is 9.52 Å². The van der Waals surface area contributed by atoms with Crippen molar-refractivity contribution < 1.29 is 27.4 Å². The van der Waals surface area contributed by atoms with Crippen LogP contribution in [0, 0.1) is 0 Å². The molecule has 0 aliphatic carbocycles. The Kier molecular flexibility index (Phi) is 8.15. The lowest BCUT2D eigenvalue weighted by Gasteiger charge is -2.13. The van der Waals surface area contributed by atoms with Crippen LogP contribution in [0.4, 0.5) is 11.4 Å². The topological polar surface area (TPSA) is 103 Å². The highest BCUT2D eigenvalue weighted by molar-refractivity contribution is 7.92. The average molecular weight is 483 g/mol. The fourth-order valence-electron chi connectivity index (χ4n) is 3.03. The van der Waals surface area contributed by atoms with Gasteiger partial charge in [-0.05, 0) is 73.2 Å². The molecule has 0 aliphatic heterocycles. The Hall–Kier alpha value is -3.98. The maximum Gasteiger partial charge on any atom is 0.265 e. The second kappa shape index (κ2) is 11.2. The van der Waals surface area contributed by atoms with Gasteiger partial charge in [-0.2, -0.15) is 0 Å². The lowest BCUT2D eigenvalue weighted by molar-refractivity contribution is -0.111. The summed E-state index contributed by atoms with van der Waals surface area (Å²) in [6, 6.07) is 18.1. The van der Waals surface area contributed by atoms with Gasteiger partial charge in [0.05, 0.1) is 20.8 Å². The summed E-state index contributed by atoms with van der Waals surface area (Å²) >= 11 is 0. The summed E-state index contributed by atoms with van der Waals surface area (Å²) in [5.41, 5.74) is 1.48. The normalized spacial score (nSPS) is 11.1. The predicted molar refractivity (Wildman–Crippen MR) is 132 cm³/mol. The highest BCUT2D eigenvalue weighted by Crippen LogP contribution is 2.29. The van der Waals surface area contributed by atoms with E-state index in [4.69, 9.17) is 14.2 Å². The first kappa shape index (κ1) is 24.7. The Bertz CT molecular complexity index is 1250. The molecule has 1 amide bonds. The summed E-state index contributed by atoms with van der Waals surface area (Å²) in [6.07, 6.45) is 3.02. The van der Waals surface area contributed by atoms with Gasteiger partial charge in [-0.25, -0.2) is 8.42 Å². The van der Waals surface area contributed by atoms with Gasteiger partial charge < -0.3 is 19.5 Å². The lowest BCUT2D eigenvalue weighted by atomic mass is 10.2. The lowest BCUT2D eigenvalue weighted by Crippen LogP contribution is -2.15. The number of methoxy groups -OCH3 is 2. The molecule has 178 valence electrons. The second-order valence-corrected chi connectivity index (χ2v) is 8.68. The van der Waals surface area contributed by atoms with Crippen LogP contribution in [0.3, 0.4) is 0 Å². The van der Waals surface area contributed by atoms with Crippen molar-refractivity contribution in [1.29, 1.82) is 0 Å². The summed E-state index contributed by atoms with van der Waals surface area (Å²) < 4.78 is 44.2. The standard InChI is InChI=1S/C25H26N2O6S/c1-4-33-22-11-5-18(6-12-22)7-16-25(28)26-20-10-15-23(32-3)24(17-20)34(29,30)27-19-8-13-21(31-2)14-9-19/h5-17,27H,4H2,1-3H3,(H,26,28)/b16-7+. The number of benzene rings is 3. The van der Waals surface area contributed by atoms with Gasteiger partial charge in [0.15, 0.2) is 0 Å². The van der Waals surface area contributed by atoms with Crippen LogP contribution in [0.2, 0.25) is 0 Å². The number of rotatable bonds is 10. The minimum atomic E-state index is -4.00. The van der Waals surface area contributed by atoms with E-state index in [1.807, 2.05) is 31.2 Å². The van der Waals surface area contributed by atoms with E-state index in [2.05, 4.69) is 10.0 Å². The van der Waals surface area contributed by atoms with Crippen molar-refractivity contribution >= 4 is 33.4 Å². The van der Waals surface area contributed by atoms with Crippen LogP contribution < -0.4 is 24.2 Å². The van der Waals surface area contributed by atoms with Crippen LogP contribution in [-0.4, -0.2) is 35.2 Å². The first-order chi connectivity index (χ1) is 16.3. The minimum Gasteiger partial charge on any atom is -0.497 e. The van der Waals surface area contributed by atoms with Crippen molar-refractivity contribution in [2.75, 3.05) is 30.9 Å². The number of carbonyl (C=O) groups excluding carboxylic acids is 1. The molecule has 0 aromatic heterocycles. The Morgan fingerprint density at radius 3 is 2.15 bits per heavy atom. The SMILES string of the molecule is CCOc1ccc(/C=C/C(=O)Nc2ccc(OC)c(S(=O)(=O)Nc3ccc(OC)cc3)c2)cc1. The molecule has 0 saturated heterocycles. The maximum atomic E-state index is 13.0. The summed E-state index contributed by atoms with van der Waals surface area (Å²) in [5.74, 6) is 1.08. The molecule has 9 heteroatoms. The molecule has 0 aliphatic rings. The van der Waals surface area contributed by atoms with Crippen molar-refractivity contribution in [2.45, 2.75) is 11.8 Å². The highest BCUT2D eigenvalue weighted by atomic mass is 32.2. The van der Waals surface area contributed by atoms with Crippen LogP contribution in [-0.2, 0) is 14.8 Å². The van der Waals surface area contributed by atoms with Crippen LogP contribution in [0.25, 0.3) is 6.08 Å². The molecule has 0 spiro atoms. The second-order valence-electron chi connectivity index (χ2n) is 7.02. The third-order valence-electron chi connectivity index (χ3n) is 4.68. The number of carbonyl (C=O) groups is 1. The molecule has 8 nitrogen and oxygen atoms in total. The summed E-state index contributed by atoms with van der Waals surface area (Å²) in [6.45, 7) is 2.48. The van der Waals surface area contributed by atoms with E-state index < -0.39 is 15.9 Å². The van der Waals surface area contributed by atoms with Crippen molar-refractivity contribution in [3.63, 3.8) is 0 Å². The van der Waals surface area contributed by atoms with Gasteiger partial charge in [-0.15, -0.1) is 0 Å². The molecule has 0 fully saturated rings. The molecule has 0 heterocycles. The maximum absolute atomic E-state index is 13.0. The largest absolute Gasteiger partial charge is 0.497 e. The molecule has 2 N–H and O–H groups in total. The molecule has 3 rings (SSSR count). The molecule has 0 unspecified atom stereocenters. The Morgan fingerprint density at radius 1 is 0.882 bits per heavy atom. The van der Waals surface area contributed by atoms with E-state index >= 15 is 0 Å². The predicted octanol–water partition coefficient (Wildman–Crippen LogP) is 4.56. The van der Waals surface area contributed by atoms with Crippen molar-refractivity contribution in [1.82, 2.24) is 0 Å². The van der Waals surface area contributed by atoms with Gasteiger partial charge in [0.2, 0.25) is 5.91 Å². The zero-order chi connectivity index (χ0) is 24.6. The third kappa shape index (κ3) is 6.52. The number of hydrogen-bond acceptors (Lipinski definition) is 6. The average Bonchev–Trinajstić information content (AvgIpc) is 2.84. The number of sulfonamides is 1. The van der Waals surface area contributed by atoms with E-state index in [0.29, 0.717) is 23.7 Å². The molecule has 34 heavy (non-hydrogen) atoms. The van der Waals surface area contributed by atoms with Gasteiger partial charge in [0.25, 0.3) is 10.0 Å². The molecule has 0 atom stereocenters. The van der Waals surface area contributed by atoms with Gasteiger partial charge in [0, 0.05) is 17.5 Å². The third-order valence-corrected chi connectivity index (χ3v) is 6.08. The molecule has 0 radical (unpaired) electrons. The molecular weight excluding hydrogens is 456 g/mol. The van der Waals surface area contributed by atoms with E-state index in [0.717, 1.165) is 11.3 Å². The highest BCUT2D eigenvalue weighted by Gasteiger charge is 2.21. The Labute approximate surface area is 199 Å². The van der Waals surface area contributed by atoms with E-state index in [1.54, 1.807) is 36.4 Å². The Morgan fingerprint density at radius 2 is 1.53 bits per heavy atom. The number of hydrogen-bond donors (Lipinski definition) is 2. The van der Waals surface area contributed by atoms with Gasteiger partial charge in [0.1, 0.15) is 22.1 Å². The number of nitrogens with one attached hydrogen (secondary N) is 2. The molecule has 0 saturated carbocycles. The number of ether oxygens (including phenoxy) is 3. The zero-order valence-electron chi connectivity index (χ0n) is 19.1. The van der Waals surface area contributed by atoms with Crippen LogP contribution >= 0.6 is 0 Å².